The van der Waals surface area contributed by atoms with E-state index in [9.17, 15) is 0 Å². The van der Waals surface area contributed by atoms with Crippen LogP contribution < -0.4 is 0 Å². The van der Waals surface area contributed by atoms with Crippen molar-refractivity contribution in [2.75, 3.05) is 19.0 Å². The van der Waals surface area contributed by atoms with E-state index >= 15 is 0 Å². The molecule has 0 rings (SSSR count). The predicted octanol–water partition coefficient (Wildman–Crippen LogP) is 3.49. The summed E-state index contributed by atoms with van der Waals surface area (Å²) < 4.78 is 0. The minimum absolute atomic E-state index is 0.0513. The van der Waals surface area contributed by atoms with Crippen molar-refractivity contribution in [3.05, 3.63) is 11.6 Å². The lowest BCUT2D eigenvalue weighted by atomic mass is 10.2. The Morgan fingerprint density at radius 1 is 1.50 bits per heavy atom. The first-order chi connectivity index (χ1) is 5.74. The SMILES string of the molecule is C/C=C(\CCC)CP(C)CC=N. The van der Waals surface area contributed by atoms with Gasteiger partial charge in [0.1, 0.15) is 0 Å². The largest absolute Gasteiger partial charge is 0.313 e. The van der Waals surface area contributed by atoms with Gasteiger partial charge in [-0.1, -0.05) is 25.0 Å². The minimum Gasteiger partial charge on any atom is -0.313 e. The molecule has 1 atom stereocenters. The molecule has 0 heterocycles. The Balaban J connectivity index is 3.77. The van der Waals surface area contributed by atoms with E-state index in [1.165, 1.54) is 19.0 Å². The standard InChI is InChI=1S/C10H20NP/c1-4-6-10(5-2)9-12(3)8-7-11/h5,7,11H,4,6,8-9H2,1-3H3/b10-5+,11-7?. The summed E-state index contributed by atoms with van der Waals surface area (Å²) in [6.07, 6.45) is 8.48. The Kier molecular flexibility index (Phi) is 7.39. The average molecular weight is 185 g/mol. The molecule has 2 heteroatoms. The first kappa shape index (κ1) is 11.8. The van der Waals surface area contributed by atoms with Gasteiger partial charge in [-0.25, -0.2) is 0 Å². The van der Waals surface area contributed by atoms with Crippen molar-refractivity contribution in [3.63, 3.8) is 0 Å². The molecule has 0 aromatic carbocycles. The Hall–Kier alpha value is -0.160. The summed E-state index contributed by atoms with van der Waals surface area (Å²) in [5.74, 6) is 0. The highest BCUT2D eigenvalue weighted by Gasteiger charge is 2.01. The monoisotopic (exact) mass is 185 g/mol. The van der Waals surface area contributed by atoms with Crippen LogP contribution in [0.1, 0.15) is 26.7 Å². The van der Waals surface area contributed by atoms with Gasteiger partial charge in [0.15, 0.2) is 0 Å². The molecule has 0 aliphatic rings. The summed E-state index contributed by atoms with van der Waals surface area (Å²) in [6, 6.07) is 0. The summed E-state index contributed by atoms with van der Waals surface area (Å²) in [5.41, 5.74) is 1.58. The van der Waals surface area contributed by atoms with Crippen LogP contribution in [0.2, 0.25) is 0 Å². The van der Waals surface area contributed by atoms with Crippen LogP contribution in [0.15, 0.2) is 11.6 Å². The number of allylic oxidation sites excluding steroid dienone is 2. The molecule has 70 valence electrons. The van der Waals surface area contributed by atoms with E-state index in [1.54, 1.807) is 11.8 Å². The molecule has 0 spiro atoms. The predicted molar refractivity (Wildman–Crippen MR) is 60.0 cm³/mol. The molecule has 0 radical (unpaired) electrons. The Morgan fingerprint density at radius 2 is 2.17 bits per heavy atom. The Morgan fingerprint density at radius 3 is 2.58 bits per heavy atom. The van der Waals surface area contributed by atoms with Crippen LogP contribution in [0.4, 0.5) is 0 Å². The van der Waals surface area contributed by atoms with Gasteiger partial charge < -0.3 is 5.41 Å². The molecule has 1 unspecified atom stereocenters. The second-order valence-corrected chi connectivity index (χ2v) is 5.49. The molecule has 0 amide bonds. The molecule has 1 nitrogen and oxygen atoms in total. The lowest BCUT2D eigenvalue weighted by Crippen LogP contribution is -1.93. The third-order valence-corrected chi connectivity index (χ3v) is 3.61. The smallest absolute Gasteiger partial charge is 0.00245 e. The molecule has 0 saturated heterocycles. The van der Waals surface area contributed by atoms with E-state index in [4.69, 9.17) is 5.41 Å². The molecule has 0 aliphatic heterocycles. The first-order valence-electron chi connectivity index (χ1n) is 4.56. The maximum absolute atomic E-state index is 7.01. The van der Waals surface area contributed by atoms with Crippen LogP contribution in [-0.4, -0.2) is 25.2 Å². The van der Waals surface area contributed by atoms with E-state index in [0.717, 1.165) is 6.16 Å². The van der Waals surface area contributed by atoms with Crippen LogP contribution in [-0.2, 0) is 0 Å². The van der Waals surface area contributed by atoms with Crippen molar-refractivity contribution in [1.82, 2.24) is 0 Å². The highest BCUT2D eigenvalue weighted by molar-refractivity contribution is 7.57. The normalized spacial score (nSPS) is 14.4. The minimum atomic E-state index is 0.0513. The van der Waals surface area contributed by atoms with Crippen molar-refractivity contribution >= 4 is 14.1 Å². The second kappa shape index (κ2) is 7.49. The van der Waals surface area contributed by atoms with Gasteiger partial charge in [-0.05, 0) is 32.4 Å². The number of nitrogens with one attached hydrogen (secondary N) is 1. The van der Waals surface area contributed by atoms with Gasteiger partial charge in [0, 0.05) is 6.16 Å². The van der Waals surface area contributed by atoms with Gasteiger partial charge in [0.2, 0.25) is 0 Å². The molecule has 0 aromatic heterocycles. The van der Waals surface area contributed by atoms with E-state index in [1.807, 2.05) is 0 Å². The van der Waals surface area contributed by atoms with Gasteiger partial charge in [0.05, 0.1) is 0 Å². The van der Waals surface area contributed by atoms with Crippen LogP contribution in [0.3, 0.4) is 0 Å². The summed E-state index contributed by atoms with van der Waals surface area (Å²) in [6.45, 7) is 6.62. The summed E-state index contributed by atoms with van der Waals surface area (Å²) in [5, 5.41) is 7.01. The van der Waals surface area contributed by atoms with E-state index in [2.05, 4.69) is 26.6 Å². The topological polar surface area (TPSA) is 23.9 Å². The van der Waals surface area contributed by atoms with E-state index in [0.29, 0.717) is 0 Å². The highest BCUT2D eigenvalue weighted by Crippen LogP contribution is 2.32. The fourth-order valence-corrected chi connectivity index (χ4v) is 2.68. The summed E-state index contributed by atoms with van der Waals surface area (Å²) in [7, 11) is 0.0513. The van der Waals surface area contributed by atoms with E-state index in [-0.39, 0.29) is 7.92 Å². The zero-order chi connectivity index (χ0) is 9.40. The van der Waals surface area contributed by atoms with Crippen LogP contribution in [0.25, 0.3) is 0 Å². The molecule has 0 aromatic rings. The fraction of sp³-hybridized carbons (Fsp3) is 0.700. The van der Waals surface area contributed by atoms with Crippen LogP contribution in [0.5, 0.6) is 0 Å². The third-order valence-electron chi connectivity index (χ3n) is 1.86. The number of hydrogen-bond acceptors (Lipinski definition) is 1. The van der Waals surface area contributed by atoms with Crippen molar-refractivity contribution in [2.45, 2.75) is 26.7 Å². The first-order valence-corrected chi connectivity index (χ1v) is 6.72. The number of rotatable bonds is 6. The van der Waals surface area contributed by atoms with Crippen LogP contribution >= 0.6 is 7.92 Å². The lowest BCUT2D eigenvalue weighted by Gasteiger charge is -2.11. The highest BCUT2D eigenvalue weighted by atomic mass is 31.1. The Bertz CT molecular complexity index is 152. The van der Waals surface area contributed by atoms with Crippen molar-refractivity contribution in [2.24, 2.45) is 0 Å². The van der Waals surface area contributed by atoms with Crippen LogP contribution in [0, 0.1) is 5.41 Å². The van der Waals surface area contributed by atoms with Crippen molar-refractivity contribution < 1.29 is 0 Å². The van der Waals surface area contributed by atoms with Crippen molar-refractivity contribution in [1.29, 1.82) is 5.41 Å². The molecular formula is C10H20NP. The van der Waals surface area contributed by atoms with Crippen molar-refractivity contribution in [3.8, 4) is 0 Å². The maximum atomic E-state index is 7.01. The second-order valence-electron chi connectivity index (χ2n) is 3.10. The van der Waals surface area contributed by atoms with Gasteiger partial charge in [-0.15, -0.1) is 7.92 Å². The number of hydrogen-bond donors (Lipinski definition) is 1. The van der Waals surface area contributed by atoms with Gasteiger partial charge in [0.25, 0.3) is 0 Å². The Labute approximate surface area is 77.5 Å². The third kappa shape index (κ3) is 5.49. The molecule has 0 bridgehead atoms. The van der Waals surface area contributed by atoms with Gasteiger partial charge in [-0.3, -0.25) is 0 Å². The molecule has 0 aliphatic carbocycles. The van der Waals surface area contributed by atoms with Gasteiger partial charge >= 0.3 is 0 Å². The molecule has 1 N–H and O–H groups in total. The molecule has 0 fully saturated rings. The average Bonchev–Trinajstić information content (AvgIpc) is 2.04. The van der Waals surface area contributed by atoms with E-state index < -0.39 is 0 Å². The fourth-order valence-electron chi connectivity index (χ4n) is 1.20. The molecular weight excluding hydrogens is 165 g/mol. The summed E-state index contributed by atoms with van der Waals surface area (Å²) >= 11 is 0. The summed E-state index contributed by atoms with van der Waals surface area (Å²) in [4.78, 5) is 0. The quantitative estimate of drug-likeness (QED) is 0.372. The maximum Gasteiger partial charge on any atom is 0.00245 e. The lowest BCUT2D eigenvalue weighted by molar-refractivity contribution is 0.905. The zero-order valence-electron chi connectivity index (χ0n) is 8.43. The van der Waals surface area contributed by atoms with Gasteiger partial charge in [-0.2, -0.15) is 0 Å². The molecule has 12 heavy (non-hydrogen) atoms. The molecule has 0 saturated carbocycles. The zero-order valence-corrected chi connectivity index (χ0v) is 9.32.